The zero-order valence-corrected chi connectivity index (χ0v) is 20.4. The molecule has 2 N–H and O–H groups in total. The van der Waals surface area contributed by atoms with Gasteiger partial charge in [-0.1, -0.05) is 30.9 Å². The summed E-state index contributed by atoms with van der Waals surface area (Å²) >= 11 is 0. The van der Waals surface area contributed by atoms with E-state index in [9.17, 15) is 9.18 Å². The fraction of sp³-hybridized carbons (Fsp3) is 0.286. The maximum atomic E-state index is 13.6. The van der Waals surface area contributed by atoms with Gasteiger partial charge < -0.3 is 20.3 Å². The third-order valence-corrected chi connectivity index (χ3v) is 6.60. The lowest BCUT2D eigenvalue weighted by Gasteiger charge is -2.46. The molecule has 6 nitrogen and oxygen atoms in total. The lowest BCUT2D eigenvalue weighted by Crippen LogP contribution is -2.55. The molecule has 2 unspecified atom stereocenters. The van der Waals surface area contributed by atoms with E-state index in [4.69, 9.17) is 10.5 Å². The molecule has 2 aromatic rings. The van der Waals surface area contributed by atoms with E-state index in [1.54, 1.807) is 43.5 Å². The number of methoxy groups -OCH3 is 1. The van der Waals surface area contributed by atoms with E-state index in [2.05, 4.69) is 23.4 Å². The Morgan fingerprint density at radius 1 is 1.29 bits per heavy atom. The summed E-state index contributed by atoms with van der Waals surface area (Å²) in [6, 6.07) is 12.1. The minimum atomic E-state index is -0.885. The van der Waals surface area contributed by atoms with Crippen molar-refractivity contribution in [3.05, 3.63) is 90.2 Å². The van der Waals surface area contributed by atoms with Crippen LogP contribution in [0.2, 0.25) is 0 Å². The number of piperidine rings is 1. The Labute approximate surface area is 205 Å². The van der Waals surface area contributed by atoms with Crippen molar-refractivity contribution >= 4 is 23.5 Å². The van der Waals surface area contributed by atoms with Crippen LogP contribution in [0.5, 0.6) is 5.75 Å². The van der Waals surface area contributed by atoms with E-state index in [1.165, 1.54) is 12.1 Å². The average molecular weight is 475 g/mol. The third kappa shape index (κ3) is 4.46. The highest BCUT2D eigenvalue weighted by Gasteiger charge is 2.54. The van der Waals surface area contributed by atoms with E-state index in [0.29, 0.717) is 23.7 Å². The molecule has 2 atom stereocenters. The molecule has 0 bridgehead atoms. The first-order valence-corrected chi connectivity index (χ1v) is 11.7. The van der Waals surface area contributed by atoms with Gasteiger partial charge in [-0.05, 0) is 74.6 Å². The average Bonchev–Trinajstić information content (AvgIpc) is 3.15. The van der Waals surface area contributed by atoms with Crippen LogP contribution in [0.3, 0.4) is 0 Å². The number of nitrogens with zero attached hydrogens (tertiary/aromatic N) is 3. The standard InChI is InChI=1S/C28H31FN4O2/c1-5-32(18-19(2)30)24-14-8-21(17-25(24)35-4)9-15-26-31-27(34)28(16-6-7-20(3)33(26)28)22-10-12-23(29)13-11-22/h5,8-15,17-18,20H,1,6-7,16,30H2,2-4H3/b15-9+,19-18-. The van der Waals surface area contributed by atoms with Crippen LogP contribution in [-0.2, 0) is 10.3 Å². The van der Waals surface area contributed by atoms with E-state index < -0.39 is 5.54 Å². The molecule has 0 aliphatic carbocycles. The molecule has 0 spiro atoms. The molecule has 2 heterocycles. The van der Waals surface area contributed by atoms with Crippen molar-refractivity contribution in [3.8, 4) is 5.75 Å². The topological polar surface area (TPSA) is 71.2 Å². The first-order chi connectivity index (χ1) is 16.8. The Morgan fingerprint density at radius 3 is 2.69 bits per heavy atom. The number of halogens is 1. The number of aliphatic imine (C=N–C) groups is 1. The van der Waals surface area contributed by atoms with Crippen molar-refractivity contribution in [1.82, 2.24) is 4.90 Å². The second-order valence-corrected chi connectivity index (χ2v) is 8.98. The number of anilines is 1. The molecular weight excluding hydrogens is 443 g/mol. The SMILES string of the molecule is C=CN(/C=C(/C)N)c1ccc(/C=C/C2=NC(=O)C3(c4ccc(F)cc4)CCCC(C)N23)cc1OC. The predicted octanol–water partition coefficient (Wildman–Crippen LogP) is 5.33. The highest BCUT2D eigenvalue weighted by molar-refractivity contribution is 6.12. The molecule has 35 heavy (non-hydrogen) atoms. The van der Waals surface area contributed by atoms with Gasteiger partial charge in [-0.15, -0.1) is 0 Å². The number of nitrogens with two attached hydrogens (primary N) is 1. The van der Waals surface area contributed by atoms with Gasteiger partial charge in [-0.3, -0.25) is 4.79 Å². The fourth-order valence-corrected chi connectivity index (χ4v) is 5.03. The number of ether oxygens (including phenoxy) is 1. The maximum absolute atomic E-state index is 13.6. The van der Waals surface area contributed by atoms with Crippen LogP contribution in [0.4, 0.5) is 10.1 Å². The highest BCUT2D eigenvalue weighted by Crippen LogP contribution is 2.45. The second kappa shape index (κ2) is 9.78. The van der Waals surface area contributed by atoms with Crippen LogP contribution in [0, 0.1) is 5.82 Å². The molecule has 1 fully saturated rings. The summed E-state index contributed by atoms with van der Waals surface area (Å²) in [5.74, 6) is 0.746. The number of allylic oxidation sites excluding steroid dienone is 1. The number of carbonyl (C=O) groups excluding carboxylic acids is 1. The first kappa shape index (κ1) is 24.3. The van der Waals surface area contributed by atoms with Gasteiger partial charge >= 0.3 is 0 Å². The van der Waals surface area contributed by atoms with Crippen molar-refractivity contribution < 1.29 is 13.9 Å². The summed E-state index contributed by atoms with van der Waals surface area (Å²) in [5, 5.41) is 0. The number of amidine groups is 1. The van der Waals surface area contributed by atoms with Crippen LogP contribution in [0.15, 0.2) is 78.2 Å². The molecule has 0 aromatic heterocycles. The molecule has 7 heteroatoms. The first-order valence-electron chi connectivity index (χ1n) is 11.7. The lowest BCUT2D eigenvalue weighted by molar-refractivity contribution is -0.128. The molecule has 2 aliphatic heterocycles. The van der Waals surface area contributed by atoms with Gasteiger partial charge in [0, 0.05) is 24.1 Å². The van der Waals surface area contributed by atoms with Crippen LogP contribution in [0.25, 0.3) is 6.08 Å². The summed E-state index contributed by atoms with van der Waals surface area (Å²) in [7, 11) is 1.61. The number of amides is 1. The van der Waals surface area contributed by atoms with Crippen molar-refractivity contribution in [2.24, 2.45) is 10.7 Å². The van der Waals surface area contributed by atoms with Crippen LogP contribution < -0.4 is 15.4 Å². The highest BCUT2D eigenvalue weighted by atomic mass is 19.1. The van der Waals surface area contributed by atoms with Gasteiger partial charge in [0.05, 0.1) is 12.8 Å². The van der Waals surface area contributed by atoms with Gasteiger partial charge in [0.2, 0.25) is 0 Å². The summed E-state index contributed by atoms with van der Waals surface area (Å²) in [6.45, 7) is 7.76. The van der Waals surface area contributed by atoms with Crippen LogP contribution in [-0.4, -0.2) is 29.8 Å². The monoisotopic (exact) mass is 474 g/mol. The van der Waals surface area contributed by atoms with Gasteiger partial charge in [-0.2, -0.15) is 4.99 Å². The fourth-order valence-electron chi connectivity index (χ4n) is 5.03. The number of hydrogen-bond donors (Lipinski definition) is 1. The number of hydrogen-bond acceptors (Lipinski definition) is 5. The normalized spacial score (nSPS) is 22.2. The Balaban J connectivity index is 1.67. The third-order valence-electron chi connectivity index (χ3n) is 6.60. The van der Waals surface area contributed by atoms with Crippen molar-refractivity contribution in [2.45, 2.75) is 44.7 Å². The van der Waals surface area contributed by atoms with E-state index in [-0.39, 0.29) is 17.8 Å². The molecule has 1 amide bonds. The van der Waals surface area contributed by atoms with Gasteiger partial charge in [0.1, 0.15) is 22.9 Å². The summed E-state index contributed by atoms with van der Waals surface area (Å²) in [6.07, 6.45) is 9.73. The largest absolute Gasteiger partial charge is 0.495 e. The lowest BCUT2D eigenvalue weighted by atomic mass is 9.78. The smallest absolute Gasteiger partial charge is 0.278 e. The minimum absolute atomic E-state index is 0.119. The van der Waals surface area contributed by atoms with Crippen LogP contribution in [0.1, 0.15) is 44.2 Å². The molecule has 2 aliphatic rings. The van der Waals surface area contributed by atoms with Crippen molar-refractivity contribution in [3.63, 3.8) is 0 Å². The summed E-state index contributed by atoms with van der Waals surface area (Å²) < 4.78 is 19.2. The second-order valence-electron chi connectivity index (χ2n) is 8.98. The maximum Gasteiger partial charge on any atom is 0.278 e. The Hall–Kier alpha value is -3.87. The molecular formula is C28H31FN4O2. The zero-order valence-electron chi connectivity index (χ0n) is 20.4. The van der Waals surface area contributed by atoms with Crippen molar-refractivity contribution in [1.29, 1.82) is 0 Å². The van der Waals surface area contributed by atoms with Crippen LogP contribution >= 0.6 is 0 Å². The predicted molar refractivity (Wildman–Crippen MR) is 138 cm³/mol. The van der Waals surface area contributed by atoms with E-state index in [0.717, 1.165) is 29.7 Å². The Bertz CT molecular complexity index is 1210. The van der Waals surface area contributed by atoms with Crippen molar-refractivity contribution in [2.75, 3.05) is 12.0 Å². The molecule has 2 aromatic carbocycles. The zero-order chi connectivity index (χ0) is 25.2. The van der Waals surface area contributed by atoms with E-state index >= 15 is 0 Å². The number of benzene rings is 2. The van der Waals surface area contributed by atoms with Gasteiger partial charge in [0.25, 0.3) is 5.91 Å². The Morgan fingerprint density at radius 2 is 2.03 bits per heavy atom. The number of rotatable bonds is 7. The minimum Gasteiger partial charge on any atom is -0.495 e. The summed E-state index contributed by atoms with van der Waals surface area (Å²) in [4.78, 5) is 21.7. The molecule has 0 radical (unpaired) electrons. The van der Waals surface area contributed by atoms with E-state index in [1.807, 2.05) is 30.4 Å². The van der Waals surface area contributed by atoms with Gasteiger partial charge in [0.15, 0.2) is 0 Å². The number of carbonyl (C=O) groups is 1. The molecule has 1 saturated heterocycles. The Kier molecular flexibility index (Phi) is 6.78. The van der Waals surface area contributed by atoms with Gasteiger partial charge in [-0.25, -0.2) is 4.39 Å². The molecule has 0 saturated carbocycles. The molecule has 182 valence electrons. The quantitative estimate of drug-likeness (QED) is 0.588. The number of fused-ring (bicyclic) bond motifs is 1. The molecule has 4 rings (SSSR count). The summed E-state index contributed by atoms with van der Waals surface area (Å²) in [5.41, 5.74) is 8.06.